The first-order valence-electron chi connectivity index (χ1n) is 11.2. The molecular formula is C27H24N6O2. The van der Waals surface area contributed by atoms with Crippen molar-refractivity contribution in [3.8, 4) is 22.8 Å². The van der Waals surface area contributed by atoms with Crippen LogP contribution in [0.25, 0.3) is 28.2 Å². The summed E-state index contributed by atoms with van der Waals surface area (Å²) in [6, 6.07) is 24.9. The molecule has 5 rings (SSSR count). The highest BCUT2D eigenvalue weighted by molar-refractivity contribution is 5.93. The van der Waals surface area contributed by atoms with Crippen molar-refractivity contribution in [1.29, 1.82) is 0 Å². The van der Waals surface area contributed by atoms with E-state index in [0.29, 0.717) is 34.9 Å². The van der Waals surface area contributed by atoms with Gasteiger partial charge in [-0.15, -0.1) is 0 Å². The van der Waals surface area contributed by atoms with Crippen LogP contribution in [0.4, 0.5) is 5.82 Å². The van der Waals surface area contributed by atoms with Gasteiger partial charge in [0.2, 0.25) is 5.91 Å². The van der Waals surface area contributed by atoms with Crippen molar-refractivity contribution in [2.24, 2.45) is 5.73 Å². The number of hydrogen-bond acceptors (Lipinski definition) is 6. The zero-order chi connectivity index (χ0) is 24.2. The van der Waals surface area contributed by atoms with Gasteiger partial charge in [-0.3, -0.25) is 9.36 Å². The molecule has 1 amide bonds. The second-order valence-corrected chi connectivity index (χ2v) is 7.98. The van der Waals surface area contributed by atoms with Crippen molar-refractivity contribution < 1.29 is 9.53 Å². The Morgan fingerprint density at radius 2 is 1.71 bits per heavy atom. The predicted molar refractivity (Wildman–Crippen MR) is 136 cm³/mol. The van der Waals surface area contributed by atoms with Crippen LogP contribution in [-0.4, -0.2) is 39.1 Å². The summed E-state index contributed by atoms with van der Waals surface area (Å²) < 4.78 is 7.17. The second-order valence-electron chi connectivity index (χ2n) is 7.98. The molecule has 0 saturated carbocycles. The molecule has 0 saturated heterocycles. The highest BCUT2D eigenvalue weighted by atomic mass is 16.5. The molecule has 8 heteroatoms. The van der Waals surface area contributed by atoms with Crippen LogP contribution in [0.2, 0.25) is 0 Å². The summed E-state index contributed by atoms with van der Waals surface area (Å²) in [7, 11) is 1.66. The molecule has 0 aliphatic heterocycles. The van der Waals surface area contributed by atoms with E-state index in [1.807, 2.05) is 59.2 Å². The quantitative estimate of drug-likeness (QED) is 0.356. The van der Waals surface area contributed by atoms with E-state index in [-0.39, 0.29) is 0 Å². The number of aromatic nitrogens is 4. The Balaban J connectivity index is 1.50. The molecule has 5 aromatic rings. The van der Waals surface area contributed by atoms with Gasteiger partial charge < -0.3 is 15.8 Å². The molecule has 35 heavy (non-hydrogen) atoms. The number of nitrogens with zero attached hydrogens (tertiary/aromatic N) is 4. The van der Waals surface area contributed by atoms with E-state index in [9.17, 15) is 4.79 Å². The van der Waals surface area contributed by atoms with Gasteiger partial charge in [-0.2, -0.15) is 0 Å². The maximum absolute atomic E-state index is 11.5. The third kappa shape index (κ3) is 4.67. The lowest BCUT2D eigenvalue weighted by molar-refractivity contribution is 0.100. The molecular weight excluding hydrogens is 440 g/mol. The smallest absolute Gasteiger partial charge is 0.248 e. The van der Waals surface area contributed by atoms with Crippen LogP contribution in [0, 0.1) is 0 Å². The van der Waals surface area contributed by atoms with Gasteiger partial charge in [-0.1, -0.05) is 42.5 Å². The summed E-state index contributed by atoms with van der Waals surface area (Å²) in [6.45, 7) is 0.663. The van der Waals surface area contributed by atoms with Crippen LogP contribution in [0.5, 0.6) is 5.75 Å². The molecule has 8 nitrogen and oxygen atoms in total. The number of rotatable bonds is 8. The molecule has 0 atom stereocenters. The lowest BCUT2D eigenvalue weighted by Crippen LogP contribution is -2.10. The van der Waals surface area contributed by atoms with Crippen LogP contribution in [-0.2, 0) is 6.42 Å². The zero-order valence-electron chi connectivity index (χ0n) is 19.2. The number of para-hydroxylation sites is 1. The minimum atomic E-state index is -0.476. The Hall–Kier alpha value is -4.72. The van der Waals surface area contributed by atoms with Gasteiger partial charge in [0.25, 0.3) is 0 Å². The molecule has 0 bridgehead atoms. The molecule has 0 radical (unpaired) electrons. The Bertz CT molecular complexity index is 1460. The van der Waals surface area contributed by atoms with E-state index in [0.717, 1.165) is 23.4 Å². The first kappa shape index (κ1) is 22.1. The number of fused-ring (bicyclic) bond motifs is 1. The average molecular weight is 465 g/mol. The molecule has 0 unspecified atom stereocenters. The van der Waals surface area contributed by atoms with Gasteiger partial charge in [0.1, 0.15) is 12.1 Å². The van der Waals surface area contributed by atoms with Crippen LogP contribution in [0.15, 0.2) is 85.2 Å². The number of anilines is 1. The fourth-order valence-corrected chi connectivity index (χ4v) is 3.83. The lowest BCUT2D eigenvalue weighted by atomic mass is 10.1. The summed E-state index contributed by atoms with van der Waals surface area (Å²) in [5, 5.41) is 3.44. The van der Waals surface area contributed by atoms with Gasteiger partial charge in [0.05, 0.1) is 7.11 Å². The molecule has 2 heterocycles. The highest BCUT2D eigenvalue weighted by Crippen LogP contribution is 2.26. The third-order valence-corrected chi connectivity index (χ3v) is 5.72. The molecule has 0 fully saturated rings. The topological polar surface area (TPSA) is 108 Å². The molecule has 3 aromatic carbocycles. The number of hydrogen-bond donors (Lipinski definition) is 2. The van der Waals surface area contributed by atoms with Gasteiger partial charge in [-0.05, 0) is 48.4 Å². The van der Waals surface area contributed by atoms with E-state index in [4.69, 9.17) is 20.4 Å². The first-order chi connectivity index (χ1) is 17.1. The van der Waals surface area contributed by atoms with Crippen LogP contribution < -0.4 is 15.8 Å². The van der Waals surface area contributed by atoms with Crippen molar-refractivity contribution in [3.05, 3.63) is 96.3 Å². The van der Waals surface area contributed by atoms with Gasteiger partial charge in [-0.25, -0.2) is 15.0 Å². The second kappa shape index (κ2) is 9.64. The molecule has 3 N–H and O–H groups in total. The number of nitrogens with two attached hydrogens (primary N) is 1. The van der Waals surface area contributed by atoms with Crippen LogP contribution in [0.3, 0.4) is 0 Å². The van der Waals surface area contributed by atoms with E-state index in [1.54, 1.807) is 37.7 Å². The Labute approximate surface area is 202 Å². The van der Waals surface area contributed by atoms with Crippen LogP contribution in [0.1, 0.15) is 15.9 Å². The van der Waals surface area contributed by atoms with Crippen molar-refractivity contribution in [1.82, 2.24) is 19.5 Å². The summed E-state index contributed by atoms with van der Waals surface area (Å²) in [4.78, 5) is 25.7. The number of nitrogens with one attached hydrogen (secondary N) is 1. The van der Waals surface area contributed by atoms with E-state index in [1.165, 1.54) is 5.56 Å². The van der Waals surface area contributed by atoms with E-state index < -0.39 is 5.91 Å². The first-order valence-corrected chi connectivity index (χ1v) is 11.2. The third-order valence-electron chi connectivity index (χ3n) is 5.72. The maximum Gasteiger partial charge on any atom is 0.248 e. The number of methoxy groups -OCH3 is 1. The Kier molecular flexibility index (Phi) is 6.09. The number of carbonyl (C=O) groups excluding carboxylic acids is 1. The fraction of sp³-hybridized carbons (Fsp3) is 0.111. The predicted octanol–water partition coefficient (Wildman–Crippen LogP) is 4.24. The van der Waals surface area contributed by atoms with Crippen molar-refractivity contribution in [3.63, 3.8) is 0 Å². The number of imidazole rings is 1. The highest BCUT2D eigenvalue weighted by Gasteiger charge is 2.16. The SMILES string of the molecule is COc1ccc(CCNc2nc(-c3ccc(C(N)=O)cc3)nc3c2ncn3-c2ccccc2)cc1. The minimum absolute atomic E-state index is 0.432. The zero-order valence-corrected chi connectivity index (χ0v) is 19.2. The van der Waals surface area contributed by atoms with Gasteiger partial charge in [0.15, 0.2) is 22.8 Å². The van der Waals surface area contributed by atoms with E-state index in [2.05, 4.69) is 10.3 Å². The minimum Gasteiger partial charge on any atom is -0.497 e. The molecule has 0 aliphatic carbocycles. The Morgan fingerprint density at radius 3 is 2.40 bits per heavy atom. The maximum atomic E-state index is 11.5. The average Bonchev–Trinajstić information content (AvgIpc) is 3.34. The number of ether oxygens (including phenoxy) is 1. The largest absolute Gasteiger partial charge is 0.497 e. The number of amides is 1. The molecule has 0 spiro atoms. The number of carbonyl (C=O) groups is 1. The Morgan fingerprint density at radius 1 is 0.971 bits per heavy atom. The fourth-order valence-electron chi connectivity index (χ4n) is 3.83. The van der Waals surface area contributed by atoms with E-state index >= 15 is 0 Å². The van der Waals surface area contributed by atoms with Crippen molar-refractivity contribution in [2.75, 3.05) is 19.0 Å². The van der Waals surface area contributed by atoms with Crippen molar-refractivity contribution in [2.45, 2.75) is 6.42 Å². The summed E-state index contributed by atoms with van der Waals surface area (Å²) in [6.07, 6.45) is 2.56. The molecule has 174 valence electrons. The van der Waals surface area contributed by atoms with Crippen molar-refractivity contribution >= 4 is 22.9 Å². The van der Waals surface area contributed by atoms with Crippen LogP contribution >= 0.6 is 0 Å². The molecule has 2 aromatic heterocycles. The summed E-state index contributed by atoms with van der Waals surface area (Å²) >= 11 is 0. The molecule has 0 aliphatic rings. The lowest BCUT2D eigenvalue weighted by Gasteiger charge is -2.10. The standard InChI is InChI=1S/C27H24N6O2/c1-35-22-13-7-18(8-14-22)15-16-29-26-23-27(33(17-30-23)21-5-3-2-4-6-21)32-25(31-26)20-11-9-19(10-12-20)24(28)34/h2-14,17H,15-16H2,1H3,(H2,28,34)(H,29,31,32). The van der Waals surface area contributed by atoms with Gasteiger partial charge in [0, 0.05) is 23.4 Å². The monoisotopic (exact) mass is 464 g/mol. The number of benzene rings is 3. The van der Waals surface area contributed by atoms with Gasteiger partial charge >= 0.3 is 0 Å². The summed E-state index contributed by atoms with van der Waals surface area (Å²) in [5.74, 6) is 1.53. The number of primary amides is 1. The normalized spacial score (nSPS) is 10.9. The summed E-state index contributed by atoms with van der Waals surface area (Å²) in [5.41, 5.74) is 10.1.